The van der Waals surface area contributed by atoms with Crippen LogP contribution in [0.5, 0.6) is 5.75 Å². The van der Waals surface area contributed by atoms with Crippen molar-refractivity contribution in [3.63, 3.8) is 0 Å². The van der Waals surface area contributed by atoms with Crippen molar-refractivity contribution in [2.24, 2.45) is 0 Å². The van der Waals surface area contributed by atoms with E-state index < -0.39 is 24.0 Å². The van der Waals surface area contributed by atoms with E-state index >= 15 is 0 Å². The maximum absolute atomic E-state index is 10.8. The number of hydrogen-bond acceptors (Lipinski definition) is 9. The van der Waals surface area contributed by atoms with Crippen molar-refractivity contribution in [3.05, 3.63) is 48.1 Å². The lowest BCUT2D eigenvalue weighted by Gasteiger charge is -2.45. The minimum atomic E-state index is -1.15. The highest BCUT2D eigenvalue weighted by molar-refractivity contribution is 6.31. The molecule has 0 radical (unpaired) electrons. The van der Waals surface area contributed by atoms with Crippen LogP contribution in [0.4, 0.5) is 5.82 Å². The molecule has 2 fully saturated rings. The molecule has 11 heteroatoms. The van der Waals surface area contributed by atoms with Gasteiger partial charge in [-0.1, -0.05) is 11.6 Å². The van der Waals surface area contributed by atoms with Gasteiger partial charge in [0.1, 0.15) is 41.5 Å². The Morgan fingerprint density at radius 2 is 2.00 bits per heavy atom. The summed E-state index contributed by atoms with van der Waals surface area (Å²) < 4.78 is 13.8. The van der Waals surface area contributed by atoms with Crippen LogP contribution in [0.2, 0.25) is 5.02 Å². The van der Waals surface area contributed by atoms with Crippen molar-refractivity contribution in [3.8, 4) is 5.75 Å². The van der Waals surface area contributed by atoms with E-state index in [4.69, 9.17) is 26.8 Å². The number of rotatable bonds is 3. The lowest BCUT2D eigenvalue weighted by atomic mass is 9.73. The van der Waals surface area contributed by atoms with Crippen molar-refractivity contribution in [2.45, 2.75) is 43.0 Å². The molecule has 4 heterocycles. The SMILES string of the molecule is Nc1ncnc2c1ncn2[C@@H]1O[C@]2(C[C@H](Oc3ccc4cc(Cl)cnc4c3)C2)[C@@H](O)[C@H]1O. The molecule has 6 rings (SSSR count). The number of pyridine rings is 1. The smallest absolute Gasteiger partial charge is 0.167 e. The van der Waals surface area contributed by atoms with Crippen LogP contribution in [0.25, 0.3) is 22.1 Å². The zero-order valence-electron chi connectivity index (χ0n) is 16.7. The van der Waals surface area contributed by atoms with Gasteiger partial charge in [0.2, 0.25) is 0 Å². The van der Waals surface area contributed by atoms with Gasteiger partial charge in [-0.15, -0.1) is 0 Å². The number of aromatic nitrogens is 5. The molecule has 10 nitrogen and oxygen atoms in total. The van der Waals surface area contributed by atoms with E-state index in [0.717, 1.165) is 10.9 Å². The second-order valence-corrected chi connectivity index (χ2v) is 8.68. The first kappa shape index (κ1) is 19.6. The molecule has 1 aliphatic carbocycles. The van der Waals surface area contributed by atoms with Crippen LogP contribution in [0, 0.1) is 0 Å². The fourth-order valence-electron chi connectivity index (χ4n) is 4.60. The van der Waals surface area contributed by atoms with Crippen molar-refractivity contribution in [1.29, 1.82) is 0 Å². The van der Waals surface area contributed by atoms with E-state index in [1.54, 1.807) is 10.8 Å². The number of ether oxygens (including phenoxy) is 2. The molecular weight excluding hydrogens is 436 g/mol. The fourth-order valence-corrected chi connectivity index (χ4v) is 4.76. The molecule has 1 saturated heterocycles. The van der Waals surface area contributed by atoms with Gasteiger partial charge in [0.05, 0.1) is 16.9 Å². The maximum Gasteiger partial charge on any atom is 0.167 e. The van der Waals surface area contributed by atoms with E-state index in [0.29, 0.717) is 34.8 Å². The molecule has 1 saturated carbocycles. The number of halogens is 1. The molecule has 1 aromatic carbocycles. The highest BCUT2D eigenvalue weighted by atomic mass is 35.5. The van der Waals surface area contributed by atoms with E-state index in [9.17, 15) is 10.2 Å². The average Bonchev–Trinajstić information content (AvgIpc) is 3.29. The van der Waals surface area contributed by atoms with Crippen molar-refractivity contribution in [1.82, 2.24) is 24.5 Å². The number of hydrogen-bond donors (Lipinski definition) is 3. The Morgan fingerprint density at radius 1 is 1.16 bits per heavy atom. The predicted molar refractivity (Wildman–Crippen MR) is 115 cm³/mol. The van der Waals surface area contributed by atoms with Crippen molar-refractivity contribution >= 4 is 39.5 Å². The zero-order chi connectivity index (χ0) is 22.0. The van der Waals surface area contributed by atoms with E-state index in [1.807, 2.05) is 24.3 Å². The predicted octanol–water partition coefficient (Wildman–Crippen LogP) is 1.84. The van der Waals surface area contributed by atoms with Crippen LogP contribution in [0.15, 0.2) is 43.1 Å². The number of aliphatic hydroxyl groups excluding tert-OH is 2. The Hall–Kier alpha value is -3.05. The van der Waals surface area contributed by atoms with Crippen LogP contribution in [0.3, 0.4) is 0 Å². The van der Waals surface area contributed by atoms with Gasteiger partial charge in [-0.2, -0.15) is 0 Å². The quantitative estimate of drug-likeness (QED) is 0.422. The molecule has 0 bridgehead atoms. The van der Waals surface area contributed by atoms with Crippen LogP contribution >= 0.6 is 11.6 Å². The van der Waals surface area contributed by atoms with E-state index in [-0.39, 0.29) is 11.9 Å². The Labute approximate surface area is 186 Å². The third kappa shape index (κ3) is 2.91. The van der Waals surface area contributed by atoms with Gasteiger partial charge in [0.15, 0.2) is 17.7 Å². The number of aliphatic hydroxyl groups is 2. The van der Waals surface area contributed by atoms with Crippen molar-refractivity contribution in [2.75, 3.05) is 5.73 Å². The second kappa shape index (κ2) is 6.97. The number of nitrogen functional groups attached to an aromatic ring is 1. The minimum absolute atomic E-state index is 0.169. The van der Waals surface area contributed by atoms with Crippen LogP contribution < -0.4 is 10.5 Å². The van der Waals surface area contributed by atoms with Gasteiger partial charge in [-0.3, -0.25) is 9.55 Å². The van der Waals surface area contributed by atoms with E-state index in [2.05, 4.69) is 19.9 Å². The van der Waals surface area contributed by atoms with Gasteiger partial charge in [0.25, 0.3) is 0 Å². The standard InChI is InChI=1S/C21H19ClN6O4/c22-11-3-10-1-2-12(4-14(10)24-7-11)31-13-5-21(6-13)17(30)16(29)20(32-21)28-9-27-15-18(23)25-8-26-19(15)28/h1-4,7-9,13,16-17,20,29-30H,5-6H2,(H2,23,25,26)/t13-,16-,17+,20-,21-/m1/s1. The topological polar surface area (TPSA) is 141 Å². The highest BCUT2D eigenvalue weighted by Crippen LogP contribution is 2.50. The summed E-state index contributed by atoms with van der Waals surface area (Å²) in [6.07, 6.45) is 2.00. The van der Waals surface area contributed by atoms with E-state index in [1.165, 1.54) is 12.7 Å². The number of benzene rings is 1. The number of nitrogens with zero attached hydrogens (tertiary/aromatic N) is 5. The summed E-state index contributed by atoms with van der Waals surface area (Å²) in [5.41, 5.74) is 6.56. The summed E-state index contributed by atoms with van der Waals surface area (Å²) in [6, 6.07) is 7.45. The van der Waals surface area contributed by atoms with Crippen molar-refractivity contribution < 1.29 is 19.7 Å². The van der Waals surface area contributed by atoms with Gasteiger partial charge in [-0.05, 0) is 18.2 Å². The van der Waals surface area contributed by atoms with Gasteiger partial charge >= 0.3 is 0 Å². The first-order chi connectivity index (χ1) is 15.4. The number of anilines is 1. The largest absolute Gasteiger partial charge is 0.490 e. The molecule has 0 amide bonds. The van der Waals surface area contributed by atoms with Crippen LogP contribution in [-0.4, -0.2) is 58.6 Å². The molecule has 3 atom stereocenters. The molecule has 0 unspecified atom stereocenters. The number of imidazole rings is 1. The third-order valence-electron chi connectivity index (χ3n) is 6.24. The summed E-state index contributed by atoms with van der Waals surface area (Å²) in [7, 11) is 0. The third-order valence-corrected chi connectivity index (χ3v) is 6.45. The van der Waals surface area contributed by atoms with Crippen LogP contribution in [0.1, 0.15) is 19.1 Å². The normalized spacial score (nSPS) is 29.6. The van der Waals surface area contributed by atoms with Gasteiger partial charge in [-0.25, -0.2) is 15.0 Å². The molecule has 4 aromatic rings. The first-order valence-electron chi connectivity index (χ1n) is 10.1. The summed E-state index contributed by atoms with van der Waals surface area (Å²) >= 11 is 5.99. The summed E-state index contributed by atoms with van der Waals surface area (Å²) in [6.45, 7) is 0. The molecule has 1 spiro atoms. The lowest BCUT2D eigenvalue weighted by molar-refractivity contribution is -0.182. The van der Waals surface area contributed by atoms with Crippen LogP contribution in [-0.2, 0) is 4.74 Å². The Morgan fingerprint density at radius 3 is 2.84 bits per heavy atom. The second-order valence-electron chi connectivity index (χ2n) is 8.25. The lowest BCUT2D eigenvalue weighted by Crippen LogP contribution is -2.57. The molecule has 1 aliphatic heterocycles. The molecular formula is C21H19ClN6O4. The maximum atomic E-state index is 10.8. The molecule has 164 valence electrons. The summed E-state index contributed by atoms with van der Waals surface area (Å²) in [5.74, 6) is 0.908. The summed E-state index contributed by atoms with van der Waals surface area (Å²) in [5, 5.41) is 23.0. The molecule has 32 heavy (non-hydrogen) atoms. The first-order valence-corrected chi connectivity index (χ1v) is 10.5. The Kier molecular flexibility index (Phi) is 4.28. The average molecular weight is 455 g/mol. The zero-order valence-corrected chi connectivity index (χ0v) is 17.4. The fraction of sp³-hybridized carbons (Fsp3) is 0.333. The summed E-state index contributed by atoms with van der Waals surface area (Å²) in [4.78, 5) is 16.7. The Balaban J connectivity index is 1.20. The monoisotopic (exact) mass is 454 g/mol. The Bertz CT molecular complexity index is 1340. The number of fused-ring (bicyclic) bond motifs is 2. The molecule has 4 N–H and O–H groups in total. The molecule has 2 aliphatic rings. The minimum Gasteiger partial charge on any atom is -0.490 e. The molecule has 3 aromatic heterocycles. The number of nitrogens with two attached hydrogens (primary N) is 1. The van der Waals surface area contributed by atoms with Gasteiger partial charge < -0.3 is 25.4 Å². The van der Waals surface area contributed by atoms with Gasteiger partial charge in [0, 0.05) is 30.5 Å². The highest BCUT2D eigenvalue weighted by Gasteiger charge is 2.62.